The van der Waals surface area contributed by atoms with Gasteiger partial charge in [0.15, 0.2) is 5.78 Å². The molecular weight excluding hydrogens is 336 g/mol. The van der Waals surface area contributed by atoms with Gasteiger partial charge in [-0.25, -0.2) is 9.97 Å². The van der Waals surface area contributed by atoms with Crippen LogP contribution in [0.3, 0.4) is 0 Å². The van der Waals surface area contributed by atoms with Gasteiger partial charge in [0, 0.05) is 28.8 Å². The van der Waals surface area contributed by atoms with Crippen LogP contribution in [0.15, 0.2) is 54.9 Å². The minimum Gasteiger partial charge on any atom is -0.384 e. The fourth-order valence-corrected chi connectivity index (χ4v) is 2.72. The summed E-state index contributed by atoms with van der Waals surface area (Å²) in [6.07, 6.45) is 1.64. The zero-order valence-electron chi connectivity index (χ0n) is 13.7. The summed E-state index contributed by atoms with van der Waals surface area (Å²) in [7, 11) is 0. The lowest BCUT2D eigenvalue weighted by Gasteiger charge is -2.12. The highest BCUT2D eigenvalue weighted by atomic mass is 35.5. The molecule has 0 radical (unpaired) electrons. The Morgan fingerprint density at radius 2 is 1.92 bits per heavy atom. The number of nitrogen functional groups attached to an aromatic ring is 1. The van der Waals surface area contributed by atoms with Crippen LogP contribution in [0.2, 0.25) is 5.02 Å². The van der Waals surface area contributed by atoms with E-state index in [-0.39, 0.29) is 12.2 Å². The molecule has 0 spiro atoms. The van der Waals surface area contributed by atoms with Crippen LogP contribution in [0.25, 0.3) is 0 Å². The first-order valence-electron chi connectivity index (χ1n) is 7.75. The van der Waals surface area contributed by atoms with E-state index in [0.29, 0.717) is 22.2 Å². The van der Waals surface area contributed by atoms with Crippen LogP contribution in [-0.4, -0.2) is 15.8 Å². The Morgan fingerprint density at radius 3 is 2.64 bits per heavy atom. The molecule has 0 unspecified atom stereocenters. The van der Waals surface area contributed by atoms with Gasteiger partial charge in [0.2, 0.25) is 0 Å². The first kappa shape index (κ1) is 16.9. The SMILES string of the molecule is Cc1cc(CC(=O)c2ccccc2)c(Cl)cc1Nc1cc(N)ncn1. The molecule has 3 rings (SSSR count). The van der Waals surface area contributed by atoms with Gasteiger partial charge in [0.1, 0.15) is 18.0 Å². The van der Waals surface area contributed by atoms with E-state index in [4.69, 9.17) is 17.3 Å². The topological polar surface area (TPSA) is 80.9 Å². The van der Waals surface area contributed by atoms with Crippen molar-refractivity contribution in [3.63, 3.8) is 0 Å². The smallest absolute Gasteiger partial charge is 0.167 e. The van der Waals surface area contributed by atoms with Gasteiger partial charge in [0.25, 0.3) is 0 Å². The van der Waals surface area contributed by atoms with Crippen LogP contribution in [0, 0.1) is 6.92 Å². The number of Topliss-reactive ketones (excluding diaryl/α,β-unsaturated/α-hetero) is 1. The molecule has 0 aliphatic heterocycles. The molecule has 0 saturated carbocycles. The number of aryl methyl sites for hydroxylation is 1. The number of nitrogens with zero attached hydrogens (tertiary/aromatic N) is 2. The minimum atomic E-state index is 0.0335. The zero-order valence-corrected chi connectivity index (χ0v) is 14.4. The van der Waals surface area contributed by atoms with Gasteiger partial charge in [-0.2, -0.15) is 0 Å². The van der Waals surface area contributed by atoms with E-state index < -0.39 is 0 Å². The van der Waals surface area contributed by atoms with E-state index in [1.807, 2.05) is 31.2 Å². The van der Waals surface area contributed by atoms with Crippen molar-refractivity contribution in [1.82, 2.24) is 9.97 Å². The monoisotopic (exact) mass is 352 g/mol. The van der Waals surface area contributed by atoms with Gasteiger partial charge in [-0.1, -0.05) is 48.0 Å². The molecule has 2 aromatic carbocycles. The fourth-order valence-electron chi connectivity index (χ4n) is 2.49. The quantitative estimate of drug-likeness (QED) is 0.673. The molecule has 6 heteroatoms. The van der Waals surface area contributed by atoms with Gasteiger partial charge in [-0.15, -0.1) is 0 Å². The van der Waals surface area contributed by atoms with Crippen molar-refractivity contribution >= 4 is 34.7 Å². The van der Waals surface area contributed by atoms with E-state index in [1.54, 1.807) is 24.3 Å². The number of aromatic nitrogens is 2. The highest BCUT2D eigenvalue weighted by Gasteiger charge is 2.12. The standard InChI is InChI=1S/C19H17ClN4O/c1-12-7-14(8-17(25)13-5-3-2-4-6-13)15(20)9-16(12)24-19-10-18(21)22-11-23-19/h2-7,9-11H,8H2,1H3,(H3,21,22,23,24). The maximum atomic E-state index is 12.4. The molecule has 126 valence electrons. The molecular formula is C19H17ClN4O. The number of halogens is 1. The normalized spacial score (nSPS) is 10.5. The zero-order chi connectivity index (χ0) is 17.8. The largest absolute Gasteiger partial charge is 0.384 e. The molecule has 1 heterocycles. The molecule has 0 amide bonds. The summed E-state index contributed by atoms with van der Waals surface area (Å²) in [5.74, 6) is 0.997. The molecule has 5 nitrogen and oxygen atoms in total. The molecule has 3 aromatic rings. The number of nitrogens with two attached hydrogens (primary N) is 1. The molecule has 0 bridgehead atoms. The molecule has 0 aliphatic carbocycles. The van der Waals surface area contributed by atoms with Crippen LogP contribution in [0.1, 0.15) is 21.5 Å². The van der Waals surface area contributed by atoms with Gasteiger partial charge in [0.05, 0.1) is 0 Å². The molecule has 0 fully saturated rings. The van der Waals surface area contributed by atoms with Crippen molar-refractivity contribution in [1.29, 1.82) is 0 Å². The van der Waals surface area contributed by atoms with Crippen LogP contribution in [0.4, 0.5) is 17.3 Å². The first-order chi connectivity index (χ1) is 12.0. The second-order valence-electron chi connectivity index (χ2n) is 5.68. The number of hydrogen-bond acceptors (Lipinski definition) is 5. The van der Waals surface area contributed by atoms with E-state index in [1.165, 1.54) is 6.33 Å². The minimum absolute atomic E-state index is 0.0335. The lowest BCUT2D eigenvalue weighted by molar-refractivity contribution is 0.0993. The second kappa shape index (κ2) is 7.32. The van der Waals surface area contributed by atoms with Gasteiger partial charge in [-0.3, -0.25) is 4.79 Å². The van der Waals surface area contributed by atoms with Gasteiger partial charge in [-0.05, 0) is 24.1 Å². The van der Waals surface area contributed by atoms with Crippen LogP contribution in [-0.2, 0) is 6.42 Å². The Hall–Kier alpha value is -2.92. The first-order valence-corrected chi connectivity index (χ1v) is 8.12. The molecule has 25 heavy (non-hydrogen) atoms. The summed E-state index contributed by atoms with van der Waals surface area (Å²) in [6.45, 7) is 1.94. The van der Waals surface area contributed by atoms with Crippen LogP contribution in [0.5, 0.6) is 0 Å². The molecule has 0 saturated heterocycles. The summed E-state index contributed by atoms with van der Waals surface area (Å²) >= 11 is 6.38. The van der Waals surface area contributed by atoms with Crippen molar-refractivity contribution in [2.24, 2.45) is 0 Å². The fraction of sp³-hybridized carbons (Fsp3) is 0.105. The van der Waals surface area contributed by atoms with Crippen LogP contribution >= 0.6 is 11.6 Å². The lowest BCUT2D eigenvalue weighted by Crippen LogP contribution is -2.05. The number of hydrogen-bond donors (Lipinski definition) is 2. The molecule has 0 atom stereocenters. The molecule has 3 N–H and O–H groups in total. The Balaban J connectivity index is 1.81. The van der Waals surface area contributed by atoms with Crippen molar-refractivity contribution in [2.45, 2.75) is 13.3 Å². The van der Waals surface area contributed by atoms with Crippen molar-refractivity contribution in [3.05, 3.63) is 76.6 Å². The van der Waals surface area contributed by atoms with Crippen molar-refractivity contribution in [2.75, 3.05) is 11.1 Å². The van der Waals surface area contributed by atoms with E-state index in [0.717, 1.165) is 16.8 Å². The third kappa shape index (κ3) is 4.14. The number of anilines is 3. The van der Waals surface area contributed by atoms with E-state index in [2.05, 4.69) is 15.3 Å². The number of benzene rings is 2. The third-order valence-electron chi connectivity index (χ3n) is 3.79. The van der Waals surface area contributed by atoms with Gasteiger partial charge < -0.3 is 11.1 Å². The number of carbonyl (C=O) groups excluding carboxylic acids is 1. The summed E-state index contributed by atoms with van der Waals surface area (Å²) in [5.41, 5.74) is 8.89. The average Bonchev–Trinajstić information content (AvgIpc) is 2.60. The summed E-state index contributed by atoms with van der Waals surface area (Å²) in [4.78, 5) is 20.4. The third-order valence-corrected chi connectivity index (χ3v) is 4.14. The van der Waals surface area contributed by atoms with E-state index >= 15 is 0 Å². The predicted molar refractivity (Wildman–Crippen MR) is 100 cm³/mol. The molecule has 1 aromatic heterocycles. The highest BCUT2D eigenvalue weighted by molar-refractivity contribution is 6.32. The Kier molecular flexibility index (Phi) is 4.95. The van der Waals surface area contributed by atoms with Crippen molar-refractivity contribution < 1.29 is 4.79 Å². The predicted octanol–water partition coefficient (Wildman–Crippen LogP) is 4.19. The van der Waals surface area contributed by atoms with Gasteiger partial charge >= 0.3 is 0 Å². The van der Waals surface area contributed by atoms with Crippen molar-refractivity contribution in [3.8, 4) is 0 Å². The van der Waals surface area contributed by atoms with Crippen LogP contribution < -0.4 is 11.1 Å². The summed E-state index contributed by atoms with van der Waals surface area (Å²) < 4.78 is 0. The number of carbonyl (C=O) groups is 1. The number of ketones is 1. The maximum absolute atomic E-state index is 12.4. The highest BCUT2D eigenvalue weighted by Crippen LogP contribution is 2.28. The number of rotatable bonds is 5. The summed E-state index contributed by atoms with van der Waals surface area (Å²) in [6, 6.07) is 14.5. The Labute approximate surface area is 150 Å². The maximum Gasteiger partial charge on any atom is 0.167 e. The molecule has 0 aliphatic rings. The summed E-state index contributed by atoms with van der Waals surface area (Å²) in [5, 5.41) is 3.69. The second-order valence-corrected chi connectivity index (χ2v) is 6.08. The van der Waals surface area contributed by atoms with E-state index in [9.17, 15) is 4.79 Å². The average molecular weight is 353 g/mol. The lowest BCUT2D eigenvalue weighted by atomic mass is 10.0. The number of nitrogens with one attached hydrogen (secondary N) is 1. The Morgan fingerprint density at radius 1 is 1.16 bits per heavy atom. The Bertz CT molecular complexity index is 913.